The number of fused-ring (bicyclic) bond motifs is 1. The van der Waals surface area contributed by atoms with Crippen LogP contribution in [0.3, 0.4) is 0 Å². The summed E-state index contributed by atoms with van der Waals surface area (Å²) in [5.74, 6) is -0.531. The van der Waals surface area contributed by atoms with Gasteiger partial charge < -0.3 is 5.11 Å². The SMILES string of the molecule is O=C(O)CC=Cc1ccc2c(c1)CCC(=O)C2. The number of aryl methyl sites for hydroxylation is 1. The fraction of sp³-hybridized carbons (Fsp3) is 0.286. The molecule has 3 nitrogen and oxygen atoms in total. The summed E-state index contributed by atoms with van der Waals surface area (Å²) in [5, 5.41) is 8.52. The number of aliphatic carboxylic acids is 1. The standard InChI is InChI=1S/C14H14O3/c15-13-7-6-11-8-10(2-1-3-14(16)17)4-5-12(11)9-13/h1-2,4-5,8H,3,6-7,9H2,(H,16,17). The Labute approximate surface area is 99.8 Å². The first-order valence-corrected chi connectivity index (χ1v) is 5.67. The van der Waals surface area contributed by atoms with Crippen LogP contribution in [0.1, 0.15) is 29.5 Å². The third-order valence-electron chi connectivity index (χ3n) is 2.89. The van der Waals surface area contributed by atoms with Crippen molar-refractivity contribution < 1.29 is 14.7 Å². The van der Waals surface area contributed by atoms with Crippen molar-refractivity contribution in [3.05, 3.63) is 41.0 Å². The number of carbonyl (C=O) groups is 2. The lowest BCUT2D eigenvalue weighted by Gasteiger charge is -2.14. The molecule has 1 aromatic rings. The van der Waals surface area contributed by atoms with E-state index in [1.54, 1.807) is 6.08 Å². The summed E-state index contributed by atoms with van der Waals surface area (Å²) < 4.78 is 0. The summed E-state index contributed by atoms with van der Waals surface area (Å²) in [5.41, 5.74) is 3.32. The first-order chi connectivity index (χ1) is 8.15. The number of ketones is 1. The molecule has 0 saturated heterocycles. The molecule has 0 atom stereocenters. The highest BCUT2D eigenvalue weighted by Crippen LogP contribution is 2.21. The lowest BCUT2D eigenvalue weighted by atomic mass is 9.89. The number of carbonyl (C=O) groups excluding carboxylic acids is 1. The van der Waals surface area contributed by atoms with Crippen LogP contribution in [-0.4, -0.2) is 16.9 Å². The molecule has 1 aliphatic carbocycles. The number of carboxylic acids is 1. The third kappa shape index (κ3) is 3.03. The molecule has 1 aromatic carbocycles. The van der Waals surface area contributed by atoms with Gasteiger partial charge in [0.25, 0.3) is 0 Å². The Kier molecular flexibility index (Phi) is 3.38. The number of Topliss-reactive ketones (excluding diaryl/α,β-unsaturated/α-hetero) is 1. The van der Waals surface area contributed by atoms with Crippen molar-refractivity contribution in [3.63, 3.8) is 0 Å². The van der Waals surface area contributed by atoms with Crippen LogP contribution in [0.2, 0.25) is 0 Å². The van der Waals surface area contributed by atoms with Crippen LogP contribution in [0.5, 0.6) is 0 Å². The molecule has 0 radical (unpaired) electrons. The number of hydrogen-bond donors (Lipinski definition) is 1. The van der Waals surface area contributed by atoms with Crippen LogP contribution in [0.15, 0.2) is 24.3 Å². The van der Waals surface area contributed by atoms with E-state index >= 15 is 0 Å². The zero-order chi connectivity index (χ0) is 12.3. The summed E-state index contributed by atoms with van der Waals surface area (Å²) in [7, 11) is 0. The van der Waals surface area contributed by atoms with Gasteiger partial charge in [0.1, 0.15) is 5.78 Å². The molecule has 3 heteroatoms. The van der Waals surface area contributed by atoms with Crippen LogP contribution >= 0.6 is 0 Å². The van der Waals surface area contributed by atoms with Crippen LogP contribution in [0, 0.1) is 0 Å². The molecule has 0 unspecified atom stereocenters. The van der Waals surface area contributed by atoms with Gasteiger partial charge in [0.15, 0.2) is 0 Å². The van der Waals surface area contributed by atoms with Crippen LogP contribution in [0.25, 0.3) is 6.08 Å². The first-order valence-electron chi connectivity index (χ1n) is 5.67. The van der Waals surface area contributed by atoms with Crippen molar-refractivity contribution in [2.45, 2.75) is 25.7 Å². The quantitative estimate of drug-likeness (QED) is 0.866. The second kappa shape index (κ2) is 4.95. The zero-order valence-electron chi connectivity index (χ0n) is 9.48. The monoisotopic (exact) mass is 230 g/mol. The molecule has 0 aromatic heterocycles. The van der Waals surface area contributed by atoms with E-state index in [0.717, 1.165) is 17.5 Å². The number of rotatable bonds is 3. The highest BCUT2D eigenvalue weighted by atomic mass is 16.4. The van der Waals surface area contributed by atoms with Gasteiger partial charge in [-0.1, -0.05) is 30.4 Å². The number of hydrogen-bond acceptors (Lipinski definition) is 2. The van der Waals surface area contributed by atoms with Crippen molar-refractivity contribution in [2.24, 2.45) is 0 Å². The van der Waals surface area contributed by atoms with E-state index in [0.29, 0.717) is 18.6 Å². The average molecular weight is 230 g/mol. The maximum atomic E-state index is 11.3. The lowest BCUT2D eigenvalue weighted by Crippen LogP contribution is -2.13. The molecule has 17 heavy (non-hydrogen) atoms. The van der Waals surface area contributed by atoms with Gasteiger partial charge in [-0.05, 0) is 23.1 Å². The second-order valence-electron chi connectivity index (χ2n) is 4.24. The minimum absolute atomic E-state index is 0.0373. The smallest absolute Gasteiger partial charge is 0.307 e. The van der Waals surface area contributed by atoms with Gasteiger partial charge in [-0.15, -0.1) is 0 Å². The minimum Gasteiger partial charge on any atom is -0.481 e. The largest absolute Gasteiger partial charge is 0.481 e. The van der Waals surface area contributed by atoms with Crippen molar-refractivity contribution in [1.82, 2.24) is 0 Å². The molecule has 0 amide bonds. The van der Waals surface area contributed by atoms with Crippen LogP contribution < -0.4 is 0 Å². The van der Waals surface area contributed by atoms with E-state index in [4.69, 9.17) is 5.11 Å². The van der Waals surface area contributed by atoms with Gasteiger partial charge in [-0.25, -0.2) is 0 Å². The van der Waals surface area contributed by atoms with Gasteiger partial charge in [0.2, 0.25) is 0 Å². The Balaban J connectivity index is 2.14. The van der Waals surface area contributed by atoms with E-state index < -0.39 is 5.97 Å². The Morgan fingerprint density at radius 1 is 1.29 bits per heavy atom. The Morgan fingerprint density at radius 2 is 2.12 bits per heavy atom. The molecular weight excluding hydrogens is 216 g/mol. The van der Waals surface area contributed by atoms with Crippen molar-refractivity contribution in [3.8, 4) is 0 Å². The molecule has 2 rings (SSSR count). The average Bonchev–Trinajstić information content (AvgIpc) is 2.29. The summed E-state index contributed by atoms with van der Waals surface area (Å²) in [6, 6.07) is 5.93. The molecule has 0 heterocycles. The summed E-state index contributed by atoms with van der Waals surface area (Å²) in [4.78, 5) is 21.6. The maximum absolute atomic E-state index is 11.3. The zero-order valence-corrected chi connectivity index (χ0v) is 9.48. The molecule has 0 aliphatic heterocycles. The van der Waals surface area contributed by atoms with Gasteiger partial charge in [0, 0.05) is 12.8 Å². The van der Waals surface area contributed by atoms with E-state index in [9.17, 15) is 9.59 Å². The fourth-order valence-electron chi connectivity index (χ4n) is 2.03. The number of carboxylic acid groups (broad SMARTS) is 1. The van der Waals surface area contributed by atoms with Crippen LogP contribution in [0.4, 0.5) is 0 Å². The summed E-state index contributed by atoms with van der Waals surface area (Å²) in [6.07, 6.45) is 5.44. The van der Waals surface area contributed by atoms with Crippen LogP contribution in [-0.2, 0) is 22.4 Å². The van der Waals surface area contributed by atoms with Gasteiger partial charge in [-0.2, -0.15) is 0 Å². The molecule has 0 bridgehead atoms. The highest BCUT2D eigenvalue weighted by molar-refractivity contribution is 5.83. The molecule has 1 N–H and O–H groups in total. The van der Waals surface area contributed by atoms with Crippen molar-refractivity contribution >= 4 is 17.8 Å². The fourth-order valence-corrected chi connectivity index (χ4v) is 2.03. The summed E-state index contributed by atoms with van der Waals surface area (Å²) in [6.45, 7) is 0. The topological polar surface area (TPSA) is 54.4 Å². The lowest BCUT2D eigenvalue weighted by molar-refractivity contribution is -0.136. The molecule has 0 saturated carbocycles. The van der Waals surface area contributed by atoms with E-state index in [2.05, 4.69) is 0 Å². The van der Waals surface area contributed by atoms with Gasteiger partial charge in [0.05, 0.1) is 6.42 Å². The third-order valence-corrected chi connectivity index (χ3v) is 2.89. The second-order valence-corrected chi connectivity index (χ2v) is 4.24. The first kappa shape index (κ1) is 11.6. The van der Waals surface area contributed by atoms with Gasteiger partial charge >= 0.3 is 5.97 Å². The Bertz CT molecular complexity index is 486. The normalized spacial score (nSPS) is 14.9. The van der Waals surface area contributed by atoms with E-state index in [1.165, 1.54) is 5.56 Å². The highest BCUT2D eigenvalue weighted by Gasteiger charge is 2.14. The van der Waals surface area contributed by atoms with Crippen molar-refractivity contribution in [2.75, 3.05) is 0 Å². The minimum atomic E-state index is -0.829. The molecule has 88 valence electrons. The molecule has 1 aliphatic rings. The maximum Gasteiger partial charge on any atom is 0.307 e. The number of benzene rings is 1. The van der Waals surface area contributed by atoms with E-state index in [-0.39, 0.29) is 6.42 Å². The predicted octanol–water partition coefficient (Wildman–Crippen LogP) is 2.23. The molecule has 0 spiro atoms. The van der Waals surface area contributed by atoms with E-state index in [1.807, 2.05) is 24.3 Å². The molecule has 0 fully saturated rings. The Morgan fingerprint density at radius 3 is 2.88 bits per heavy atom. The predicted molar refractivity (Wildman–Crippen MR) is 64.8 cm³/mol. The summed E-state index contributed by atoms with van der Waals surface area (Å²) >= 11 is 0. The van der Waals surface area contributed by atoms with Gasteiger partial charge in [-0.3, -0.25) is 9.59 Å². The van der Waals surface area contributed by atoms with Crippen molar-refractivity contribution in [1.29, 1.82) is 0 Å². The molecular formula is C14H14O3. The Hall–Kier alpha value is -1.90.